The molecule has 0 atom stereocenters. The number of pyridine rings is 1. The molecule has 3 nitrogen and oxygen atoms in total. The van der Waals surface area contributed by atoms with E-state index in [-0.39, 0.29) is 0 Å². The van der Waals surface area contributed by atoms with Crippen LogP contribution in [0.2, 0.25) is 0 Å². The molecule has 0 spiro atoms. The largest absolute Gasteiger partial charge is 0.473 e. The third-order valence-corrected chi connectivity index (χ3v) is 3.32. The standard InChI is InChI=1S/C19H14N2O/c20-12-16-8-4-5-9-18(16)17-10-11-19(21-13-17)22-14-15-6-2-1-3-7-15/h1-11,13H,14H2. The summed E-state index contributed by atoms with van der Waals surface area (Å²) in [5, 5.41) is 9.15. The van der Waals surface area contributed by atoms with Crippen molar-refractivity contribution in [3.8, 4) is 23.1 Å². The highest BCUT2D eigenvalue weighted by Crippen LogP contribution is 2.23. The lowest BCUT2D eigenvalue weighted by atomic mass is 10.0. The maximum absolute atomic E-state index is 9.15. The van der Waals surface area contributed by atoms with Crippen molar-refractivity contribution < 1.29 is 4.74 Å². The third-order valence-electron chi connectivity index (χ3n) is 3.32. The van der Waals surface area contributed by atoms with Gasteiger partial charge in [-0.05, 0) is 17.7 Å². The number of hydrogen-bond donors (Lipinski definition) is 0. The van der Waals surface area contributed by atoms with Crippen molar-refractivity contribution in [1.29, 1.82) is 5.26 Å². The molecule has 0 saturated heterocycles. The third kappa shape index (κ3) is 3.13. The molecule has 106 valence electrons. The summed E-state index contributed by atoms with van der Waals surface area (Å²) in [5.74, 6) is 0.571. The number of aromatic nitrogens is 1. The highest BCUT2D eigenvalue weighted by molar-refractivity contribution is 5.69. The quantitative estimate of drug-likeness (QED) is 0.722. The Labute approximate surface area is 129 Å². The highest BCUT2D eigenvalue weighted by atomic mass is 16.5. The second kappa shape index (κ2) is 6.55. The minimum absolute atomic E-state index is 0.488. The molecular formula is C19H14N2O. The van der Waals surface area contributed by atoms with E-state index in [2.05, 4.69) is 11.1 Å². The van der Waals surface area contributed by atoms with Gasteiger partial charge in [-0.2, -0.15) is 5.26 Å². The normalized spacial score (nSPS) is 9.95. The van der Waals surface area contributed by atoms with Crippen LogP contribution in [-0.2, 0) is 6.61 Å². The molecule has 0 saturated carbocycles. The van der Waals surface area contributed by atoms with Crippen molar-refractivity contribution in [1.82, 2.24) is 4.98 Å². The van der Waals surface area contributed by atoms with Gasteiger partial charge in [0.1, 0.15) is 6.61 Å². The van der Waals surface area contributed by atoms with Crippen molar-refractivity contribution in [2.45, 2.75) is 6.61 Å². The van der Waals surface area contributed by atoms with E-state index in [1.807, 2.05) is 60.7 Å². The Bertz CT molecular complexity index is 790. The molecule has 0 unspecified atom stereocenters. The monoisotopic (exact) mass is 286 g/mol. The summed E-state index contributed by atoms with van der Waals surface area (Å²) < 4.78 is 5.66. The number of nitriles is 1. The molecular weight excluding hydrogens is 272 g/mol. The Morgan fingerprint density at radius 1 is 0.909 bits per heavy atom. The predicted molar refractivity (Wildman–Crippen MR) is 85.2 cm³/mol. The first-order chi connectivity index (χ1) is 10.9. The maximum atomic E-state index is 9.15. The lowest BCUT2D eigenvalue weighted by molar-refractivity contribution is 0.294. The van der Waals surface area contributed by atoms with Gasteiger partial charge in [-0.3, -0.25) is 0 Å². The fourth-order valence-electron chi connectivity index (χ4n) is 2.19. The predicted octanol–water partition coefficient (Wildman–Crippen LogP) is 4.20. The molecule has 3 heteroatoms. The molecule has 0 bridgehead atoms. The summed E-state index contributed by atoms with van der Waals surface area (Å²) in [4.78, 5) is 4.31. The zero-order valence-corrected chi connectivity index (χ0v) is 11.9. The Hall–Kier alpha value is -3.12. The average molecular weight is 286 g/mol. The lowest BCUT2D eigenvalue weighted by Gasteiger charge is -2.07. The van der Waals surface area contributed by atoms with Crippen molar-refractivity contribution in [3.05, 3.63) is 84.1 Å². The first kappa shape index (κ1) is 13.8. The van der Waals surface area contributed by atoms with Crippen LogP contribution in [0.1, 0.15) is 11.1 Å². The van der Waals surface area contributed by atoms with E-state index in [4.69, 9.17) is 10.00 Å². The van der Waals surface area contributed by atoms with Gasteiger partial charge in [-0.25, -0.2) is 4.98 Å². The molecule has 1 aromatic heterocycles. The molecule has 0 fully saturated rings. The molecule has 3 aromatic rings. The van der Waals surface area contributed by atoms with Crippen LogP contribution >= 0.6 is 0 Å². The van der Waals surface area contributed by atoms with Gasteiger partial charge in [0.05, 0.1) is 11.6 Å². The summed E-state index contributed by atoms with van der Waals surface area (Å²) in [7, 11) is 0. The number of benzene rings is 2. The van der Waals surface area contributed by atoms with E-state index in [0.29, 0.717) is 18.1 Å². The van der Waals surface area contributed by atoms with Gasteiger partial charge >= 0.3 is 0 Å². The molecule has 0 aliphatic heterocycles. The summed E-state index contributed by atoms with van der Waals surface area (Å²) in [6.45, 7) is 0.488. The fraction of sp³-hybridized carbons (Fsp3) is 0.0526. The first-order valence-electron chi connectivity index (χ1n) is 6.99. The smallest absolute Gasteiger partial charge is 0.213 e. The molecule has 2 aromatic carbocycles. The van der Waals surface area contributed by atoms with Crippen LogP contribution < -0.4 is 4.74 Å². The SMILES string of the molecule is N#Cc1ccccc1-c1ccc(OCc2ccccc2)nc1. The molecule has 0 aliphatic carbocycles. The Kier molecular flexibility index (Phi) is 4.12. The average Bonchev–Trinajstić information content (AvgIpc) is 2.61. The van der Waals surface area contributed by atoms with Crippen molar-refractivity contribution in [3.63, 3.8) is 0 Å². The maximum Gasteiger partial charge on any atom is 0.213 e. The molecule has 0 amide bonds. The second-order valence-electron chi connectivity index (χ2n) is 4.82. The highest BCUT2D eigenvalue weighted by Gasteiger charge is 2.05. The summed E-state index contributed by atoms with van der Waals surface area (Å²) in [6, 6.07) is 23.4. The molecule has 0 radical (unpaired) electrons. The van der Waals surface area contributed by atoms with E-state index in [9.17, 15) is 0 Å². The van der Waals surface area contributed by atoms with Crippen LogP contribution in [0, 0.1) is 11.3 Å². The molecule has 0 aliphatic rings. The van der Waals surface area contributed by atoms with Crippen LogP contribution in [0.5, 0.6) is 5.88 Å². The van der Waals surface area contributed by atoms with E-state index >= 15 is 0 Å². The zero-order chi connectivity index (χ0) is 15.2. The number of ether oxygens (including phenoxy) is 1. The van der Waals surface area contributed by atoms with Crippen molar-refractivity contribution >= 4 is 0 Å². The van der Waals surface area contributed by atoms with Gasteiger partial charge in [0.15, 0.2) is 0 Å². The van der Waals surface area contributed by atoms with Crippen molar-refractivity contribution in [2.24, 2.45) is 0 Å². The Morgan fingerprint density at radius 3 is 2.41 bits per heavy atom. The number of nitrogens with zero attached hydrogens (tertiary/aromatic N) is 2. The van der Waals surface area contributed by atoms with E-state index < -0.39 is 0 Å². The number of rotatable bonds is 4. The Morgan fingerprint density at radius 2 is 1.68 bits per heavy atom. The van der Waals surface area contributed by atoms with Gasteiger partial charge in [0.2, 0.25) is 5.88 Å². The number of hydrogen-bond acceptors (Lipinski definition) is 3. The summed E-state index contributed by atoms with van der Waals surface area (Å²) >= 11 is 0. The van der Waals surface area contributed by atoms with Gasteiger partial charge in [0, 0.05) is 23.4 Å². The fourth-order valence-corrected chi connectivity index (χ4v) is 2.19. The van der Waals surface area contributed by atoms with Crippen molar-refractivity contribution in [2.75, 3.05) is 0 Å². The van der Waals surface area contributed by atoms with Crippen LogP contribution in [0.3, 0.4) is 0 Å². The van der Waals surface area contributed by atoms with Gasteiger partial charge in [0.25, 0.3) is 0 Å². The Balaban J connectivity index is 1.74. The molecule has 0 N–H and O–H groups in total. The summed E-state index contributed by atoms with van der Waals surface area (Å²) in [6.07, 6.45) is 1.73. The lowest BCUT2D eigenvalue weighted by Crippen LogP contribution is -1.97. The van der Waals surface area contributed by atoms with E-state index in [0.717, 1.165) is 16.7 Å². The molecule has 3 rings (SSSR count). The van der Waals surface area contributed by atoms with Gasteiger partial charge < -0.3 is 4.74 Å². The minimum Gasteiger partial charge on any atom is -0.473 e. The van der Waals surface area contributed by atoms with E-state index in [1.54, 1.807) is 12.3 Å². The summed E-state index contributed by atoms with van der Waals surface area (Å²) in [5.41, 5.74) is 3.53. The van der Waals surface area contributed by atoms with Crippen LogP contribution in [0.15, 0.2) is 72.9 Å². The minimum atomic E-state index is 0.488. The van der Waals surface area contributed by atoms with Crippen LogP contribution in [0.4, 0.5) is 0 Å². The van der Waals surface area contributed by atoms with Gasteiger partial charge in [-0.1, -0.05) is 48.5 Å². The zero-order valence-electron chi connectivity index (χ0n) is 11.9. The molecule has 22 heavy (non-hydrogen) atoms. The van der Waals surface area contributed by atoms with Crippen LogP contribution in [-0.4, -0.2) is 4.98 Å². The molecule has 1 heterocycles. The topological polar surface area (TPSA) is 45.9 Å². The first-order valence-corrected chi connectivity index (χ1v) is 6.99. The van der Waals surface area contributed by atoms with Crippen LogP contribution in [0.25, 0.3) is 11.1 Å². The van der Waals surface area contributed by atoms with Gasteiger partial charge in [-0.15, -0.1) is 0 Å². The second-order valence-corrected chi connectivity index (χ2v) is 4.82. The van der Waals surface area contributed by atoms with E-state index in [1.165, 1.54) is 0 Å².